The van der Waals surface area contributed by atoms with Crippen molar-refractivity contribution in [2.24, 2.45) is 0 Å². The first-order chi connectivity index (χ1) is 8.56. The van der Waals surface area contributed by atoms with Crippen LogP contribution in [0.1, 0.15) is 17.3 Å². The van der Waals surface area contributed by atoms with Gasteiger partial charge in [0, 0.05) is 30.2 Å². The van der Waals surface area contributed by atoms with E-state index in [1.165, 1.54) is 18.2 Å². The van der Waals surface area contributed by atoms with Crippen LogP contribution in [0.4, 0.5) is 0 Å². The molecule has 1 aromatic carbocycles. The average Bonchev–Trinajstić information content (AvgIpc) is 2.28. The van der Waals surface area contributed by atoms with Crippen molar-refractivity contribution in [2.75, 3.05) is 25.4 Å². The summed E-state index contributed by atoms with van der Waals surface area (Å²) in [5.41, 5.74) is 0.277. The Morgan fingerprint density at radius 3 is 2.94 bits per heavy atom. The number of nitrogens with zero attached hydrogens (tertiary/aromatic N) is 1. The van der Waals surface area contributed by atoms with Gasteiger partial charge < -0.3 is 10.2 Å². The minimum atomic E-state index is -0.153. The van der Waals surface area contributed by atoms with E-state index in [-0.39, 0.29) is 22.8 Å². The van der Waals surface area contributed by atoms with Crippen molar-refractivity contribution in [3.05, 3.63) is 23.8 Å². The van der Waals surface area contributed by atoms with Gasteiger partial charge in [-0.15, -0.1) is 0 Å². The van der Waals surface area contributed by atoms with Crippen LogP contribution >= 0.6 is 11.8 Å². The van der Waals surface area contributed by atoms with Crippen LogP contribution in [-0.2, 0) is 0 Å². The molecule has 1 heterocycles. The van der Waals surface area contributed by atoms with Gasteiger partial charge >= 0.3 is 0 Å². The first kappa shape index (κ1) is 13.2. The van der Waals surface area contributed by atoms with E-state index >= 15 is 0 Å². The fourth-order valence-corrected chi connectivity index (χ4v) is 3.16. The van der Waals surface area contributed by atoms with Crippen molar-refractivity contribution in [1.82, 2.24) is 4.90 Å². The number of ketones is 1. The third kappa shape index (κ3) is 3.17. The lowest BCUT2D eigenvalue weighted by Gasteiger charge is -2.29. The van der Waals surface area contributed by atoms with Crippen molar-refractivity contribution < 1.29 is 15.0 Å². The molecule has 0 bridgehead atoms. The zero-order valence-electron chi connectivity index (χ0n) is 10.3. The Kier molecular flexibility index (Phi) is 4.14. The Hall–Kier alpha value is -1.20. The maximum Gasteiger partial charge on any atom is 0.180 e. The molecule has 0 saturated carbocycles. The fraction of sp³-hybridized carbons (Fsp3) is 0.462. The second kappa shape index (κ2) is 5.63. The fourth-order valence-electron chi connectivity index (χ4n) is 2.08. The number of carbonyl (C=O) groups excluding carboxylic acids is 1. The summed E-state index contributed by atoms with van der Waals surface area (Å²) < 4.78 is 0. The Bertz CT molecular complexity index is 450. The molecular weight excluding hydrogens is 250 g/mol. The number of phenolic OH excluding ortho intramolecular Hbond substituents is 2. The third-order valence-corrected chi connectivity index (χ3v) is 4.11. The normalized spacial score (nSPS) is 20.8. The Morgan fingerprint density at radius 1 is 1.50 bits per heavy atom. The summed E-state index contributed by atoms with van der Waals surface area (Å²) in [6, 6.07) is 4.08. The van der Waals surface area contributed by atoms with E-state index in [0.29, 0.717) is 11.8 Å². The van der Waals surface area contributed by atoms with E-state index in [2.05, 4.69) is 11.8 Å². The quantitative estimate of drug-likeness (QED) is 0.817. The summed E-state index contributed by atoms with van der Waals surface area (Å²) in [5, 5.41) is 19.4. The number of aromatic hydroxyl groups is 2. The highest BCUT2D eigenvalue weighted by Gasteiger charge is 2.20. The maximum absolute atomic E-state index is 12.1. The SMILES string of the molecule is CC1CN(CC(=O)c2ccc(O)cc2O)CCS1. The van der Waals surface area contributed by atoms with Gasteiger partial charge in [-0.3, -0.25) is 9.69 Å². The average molecular weight is 267 g/mol. The van der Waals surface area contributed by atoms with Crippen molar-refractivity contribution in [3.8, 4) is 11.5 Å². The van der Waals surface area contributed by atoms with E-state index < -0.39 is 0 Å². The number of Topliss-reactive ketones (excluding diaryl/α,β-unsaturated/α-hetero) is 1. The summed E-state index contributed by atoms with van der Waals surface area (Å²) in [6.07, 6.45) is 0. The maximum atomic E-state index is 12.1. The molecular formula is C13H17NO3S. The zero-order valence-corrected chi connectivity index (χ0v) is 11.1. The van der Waals surface area contributed by atoms with Gasteiger partial charge in [-0.1, -0.05) is 6.92 Å². The topological polar surface area (TPSA) is 60.8 Å². The van der Waals surface area contributed by atoms with E-state index in [0.717, 1.165) is 18.8 Å². The molecule has 1 atom stereocenters. The minimum absolute atomic E-state index is 0.0351. The predicted octanol–water partition coefficient (Wildman–Crippen LogP) is 1.72. The van der Waals surface area contributed by atoms with Crippen LogP contribution in [0.3, 0.4) is 0 Å². The number of phenols is 2. The van der Waals surface area contributed by atoms with E-state index in [4.69, 9.17) is 0 Å². The minimum Gasteiger partial charge on any atom is -0.508 e. The molecule has 98 valence electrons. The number of thioether (sulfide) groups is 1. The number of hydrogen-bond donors (Lipinski definition) is 2. The van der Waals surface area contributed by atoms with Crippen molar-refractivity contribution in [2.45, 2.75) is 12.2 Å². The van der Waals surface area contributed by atoms with E-state index in [1.54, 1.807) is 0 Å². The van der Waals surface area contributed by atoms with E-state index in [9.17, 15) is 15.0 Å². The molecule has 5 heteroatoms. The summed E-state index contributed by atoms with van der Waals surface area (Å²) in [5.74, 6) is 0.744. The molecule has 2 rings (SSSR count). The van der Waals surface area contributed by atoms with E-state index in [1.807, 2.05) is 11.8 Å². The highest BCUT2D eigenvalue weighted by Crippen LogP contribution is 2.24. The third-order valence-electron chi connectivity index (χ3n) is 2.97. The van der Waals surface area contributed by atoms with Gasteiger partial charge in [0.05, 0.1) is 12.1 Å². The van der Waals surface area contributed by atoms with Crippen LogP contribution in [0.5, 0.6) is 11.5 Å². The summed E-state index contributed by atoms with van der Waals surface area (Å²) in [6.45, 7) is 4.28. The zero-order chi connectivity index (χ0) is 13.1. The number of hydrogen-bond acceptors (Lipinski definition) is 5. The molecule has 1 unspecified atom stereocenters. The summed E-state index contributed by atoms with van der Waals surface area (Å²) >= 11 is 1.91. The molecule has 1 fully saturated rings. The Morgan fingerprint density at radius 2 is 2.28 bits per heavy atom. The lowest BCUT2D eigenvalue weighted by molar-refractivity contribution is 0.0931. The molecule has 0 radical (unpaired) electrons. The van der Waals surface area contributed by atoms with Gasteiger partial charge in [0.15, 0.2) is 5.78 Å². The van der Waals surface area contributed by atoms with Gasteiger partial charge in [-0.2, -0.15) is 11.8 Å². The molecule has 18 heavy (non-hydrogen) atoms. The lowest BCUT2D eigenvalue weighted by Crippen LogP contribution is -2.39. The molecule has 4 nitrogen and oxygen atoms in total. The predicted molar refractivity (Wildman–Crippen MR) is 72.5 cm³/mol. The molecule has 0 spiro atoms. The molecule has 1 aromatic rings. The van der Waals surface area contributed by atoms with Gasteiger partial charge in [-0.25, -0.2) is 0 Å². The van der Waals surface area contributed by atoms with Crippen molar-refractivity contribution in [1.29, 1.82) is 0 Å². The second-order valence-corrected chi connectivity index (χ2v) is 6.09. The second-order valence-electron chi connectivity index (χ2n) is 4.54. The summed E-state index contributed by atoms with van der Waals surface area (Å²) in [4.78, 5) is 14.2. The van der Waals surface area contributed by atoms with Crippen molar-refractivity contribution in [3.63, 3.8) is 0 Å². The molecule has 0 aromatic heterocycles. The highest BCUT2D eigenvalue weighted by molar-refractivity contribution is 7.99. The Labute approximate surface area is 111 Å². The van der Waals surface area contributed by atoms with Crippen LogP contribution in [0.15, 0.2) is 18.2 Å². The molecule has 0 aliphatic carbocycles. The molecule has 1 aliphatic heterocycles. The number of benzene rings is 1. The monoisotopic (exact) mass is 267 g/mol. The standard InChI is InChI=1S/C13H17NO3S/c1-9-7-14(4-5-18-9)8-13(17)11-3-2-10(15)6-12(11)16/h2-3,6,9,15-16H,4-5,7-8H2,1H3. The highest BCUT2D eigenvalue weighted by atomic mass is 32.2. The first-order valence-corrected chi connectivity index (χ1v) is 7.00. The van der Waals surface area contributed by atoms with Crippen LogP contribution in [0.25, 0.3) is 0 Å². The van der Waals surface area contributed by atoms with Crippen LogP contribution in [-0.4, -0.2) is 51.5 Å². The molecule has 1 aliphatic rings. The number of carbonyl (C=O) groups is 1. The largest absolute Gasteiger partial charge is 0.508 e. The smallest absolute Gasteiger partial charge is 0.180 e. The summed E-state index contributed by atoms with van der Waals surface area (Å²) in [7, 11) is 0. The Balaban J connectivity index is 2.03. The van der Waals surface area contributed by atoms with Crippen molar-refractivity contribution >= 4 is 17.5 Å². The van der Waals surface area contributed by atoms with Gasteiger partial charge in [0.2, 0.25) is 0 Å². The first-order valence-electron chi connectivity index (χ1n) is 5.95. The van der Waals surface area contributed by atoms with Crippen LogP contribution in [0.2, 0.25) is 0 Å². The van der Waals surface area contributed by atoms with Gasteiger partial charge in [-0.05, 0) is 12.1 Å². The molecule has 1 saturated heterocycles. The van der Waals surface area contributed by atoms with Crippen LogP contribution in [0, 0.1) is 0 Å². The van der Waals surface area contributed by atoms with Gasteiger partial charge in [0.25, 0.3) is 0 Å². The molecule has 0 amide bonds. The van der Waals surface area contributed by atoms with Crippen LogP contribution < -0.4 is 0 Å². The van der Waals surface area contributed by atoms with Gasteiger partial charge in [0.1, 0.15) is 11.5 Å². The molecule has 2 N–H and O–H groups in total. The number of rotatable bonds is 3. The lowest BCUT2D eigenvalue weighted by atomic mass is 10.1.